The monoisotopic (exact) mass is 258 g/mol. The third-order valence-corrected chi connectivity index (χ3v) is 3.24. The molecule has 0 aromatic carbocycles. The highest BCUT2D eigenvalue weighted by atomic mass is 16.5. The summed E-state index contributed by atoms with van der Waals surface area (Å²) in [4.78, 5) is 24.5. The van der Waals surface area contributed by atoms with Crippen molar-refractivity contribution in [2.45, 2.75) is 26.3 Å². The van der Waals surface area contributed by atoms with Gasteiger partial charge in [0.05, 0.1) is 19.1 Å². The van der Waals surface area contributed by atoms with E-state index < -0.39 is 11.9 Å². The molecule has 2 atom stereocenters. The van der Waals surface area contributed by atoms with Gasteiger partial charge in [-0.25, -0.2) is 0 Å². The lowest BCUT2D eigenvalue weighted by atomic mass is 10.0. The highest BCUT2D eigenvalue weighted by Gasteiger charge is 2.37. The number of carbonyl (C=O) groups excluding carboxylic acids is 1. The molecule has 2 N–H and O–H groups in total. The number of ether oxygens (including phenoxy) is 1. The molecule has 18 heavy (non-hydrogen) atoms. The van der Waals surface area contributed by atoms with Gasteiger partial charge in [-0.3, -0.25) is 14.5 Å². The zero-order valence-corrected chi connectivity index (χ0v) is 11.0. The van der Waals surface area contributed by atoms with Crippen LogP contribution < -0.4 is 5.32 Å². The van der Waals surface area contributed by atoms with Crippen LogP contribution in [-0.4, -0.2) is 60.8 Å². The fourth-order valence-corrected chi connectivity index (χ4v) is 2.23. The van der Waals surface area contributed by atoms with Crippen molar-refractivity contribution in [3.63, 3.8) is 0 Å². The van der Waals surface area contributed by atoms with Gasteiger partial charge in [0.15, 0.2) is 0 Å². The van der Waals surface area contributed by atoms with E-state index in [1.165, 1.54) is 0 Å². The van der Waals surface area contributed by atoms with Crippen molar-refractivity contribution in [1.82, 2.24) is 10.2 Å². The number of hydrogen-bond acceptors (Lipinski definition) is 4. The quantitative estimate of drug-likeness (QED) is 0.668. The van der Waals surface area contributed by atoms with Gasteiger partial charge < -0.3 is 15.2 Å². The van der Waals surface area contributed by atoms with Gasteiger partial charge in [-0.15, -0.1) is 0 Å². The van der Waals surface area contributed by atoms with Crippen LogP contribution in [-0.2, 0) is 14.3 Å². The van der Waals surface area contributed by atoms with E-state index in [0.29, 0.717) is 26.1 Å². The van der Waals surface area contributed by atoms with Crippen LogP contribution in [0.5, 0.6) is 0 Å². The van der Waals surface area contributed by atoms with Crippen LogP contribution in [0, 0.1) is 5.92 Å². The van der Waals surface area contributed by atoms with Crippen molar-refractivity contribution >= 4 is 11.9 Å². The van der Waals surface area contributed by atoms with Crippen LogP contribution >= 0.6 is 0 Å². The third-order valence-electron chi connectivity index (χ3n) is 3.24. The Labute approximate surface area is 107 Å². The fourth-order valence-electron chi connectivity index (χ4n) is 2.23. The third kappa shape index (κ3) is 3.96. The average Bonchev–Trinajstić information content (AvgIpc) is 2.79. The van der Waals surface area contributed by atoms with Crippen LogP contribution in [0.2, 0.25) is 0 Å². The van der Waals surface area contributed by atoms with Gasteiger partial charge in [0, 0.05) is 25.6 Å². The number of nitrogens with zero attached hydrogens (tertiary/aromatic N) is 1. The lowest BCUT2D eigenvalue weighted by molar-refractivity contribution is -0.143. The minimum atomic E-state index is -0.825. The SMILES string of the molecule is CCNC(=O)CCN(CC)C1COCC1C(=O)O. The van der Waals surface area contributed by atoms with Gasteiger partial charge in [0.2, 0.25) is 5.91 Å². The van der Waals surface area contributed by atoms with Crippen LogP contribution in [0.3, 0.4) is 0 Å². The molecule has 6 heteroatoms. The number of rotatable bonds is 7. The molecule has 1 amide bonds. The second-order valence-corrected chi connectivity index (χ2v) is 4.38. The van der Waals surface area contributed by atoms with Gasteiger partial charge >= 0.3 is 5.97 Å². The molecule has 0 bridgehead atoms. The molecule has 6 nitrogen and oxygen atoms in total. The maximum absolute atomic E-state index is 11.4. The zero-order valence-electron chi connectivity index (χ0n) is 11.0. The molecular weight excluding hydrogens is 236 g/mol. The first-order valence-electron chi connectivity index (χ1n) is 6.41. The number of hydrogen-bond donors (Lipinski definition) is 2. The van der Waals surface area contributed by atoms with Crippen molar-refractivity contribution in [3.8, 4) is 0 Å². The van der Waals surface area contributed by atoms with Crippen molar-refractivity contribution in [2.75, 3.05) is 32.8 Å². The Morgan fingerprint density at radius 1 is 1.39 bits per heavy atom. The maximum atomic E-state index is 11.4. The number of aliphatic carboxylic acids is 1. The molecule has 0 spiro atoms. The molecule has 1 aliphatic heterocycles. The van der Waals surface area contributed by atoms with E-state index in [9.17, 15) is 9.59 Å². The van der Waals surface area contributed by atoms with Gasteiger partial charge in [-0.05, 0) is 13.5 Å². The lowest BCUT2D eigenvalue weighted by Crippen LogP contribution is -2.44. The number of amides is 1. The van der Waals surface area contributed by atoms with Crippen LogP contribution in [0.25, 0.3) is 0 Å². The van der Waals surface area contributed by atoms with Crippen molar-refractivity contribution in [3.05, 3.63) is 0 Å². The molecule has 0 aliphatic carbocycles. The van der Waals surface area contributed by atoms with Gasteiger partial charge in [-0.1, -0.05) is 6.92 Å². The summed E-state index contributed by atoms with van der Waals surface area (Å²) in [5.41, 5.74) is 0. The normalized spacial score (nSPS) is 23.3. The number of carboxylic acid groups (broad SMARTS) is 1. The van der Waals surface area contributed by atoms with Crippen molar-refractivity contribution < 1.29 is 19.4 Å². The zero-order chi connectivity index (χ0) is 13.5. The van der Waals surface area contributed by atoms with E-state index in [4.69, 9.17) is 9.84 Å². The smallest absolute Gasteiger partial charge is 0.310 e. The van der Waals surface area contributed by atoms with E-state index >= 15 is 0 Å². The Hall–Kier alpha value is -1.14. The summed E-state index contributed by atoms with van der Waals surface area (Å²) in [5, 5.41) is 11.8. The highest BCUT2D eigenvalue weighted by molar-refractivity contribution is 5.76. The Morgan fingerprint density at radius 3 is 2.67 bits per heavy atom. The summed E-state index contributed by atoms with van der Waals surface area (Å²) in [6.07, 6.45) is 0.393. The summed E-state index contributed by atoms with van der Waals surface area (Å²) in [6, 6.07) is -0.123. The van der Waals surface area contributed by atoms with Gasteiger partial charge in [-0.2, -0.15) is 0 Å². The standard InChI is InChI=1S/C12H22N2O4/c1-3-13-11(15)5-6-14(4-2)10-8-18-7-9(10)12(16)17/h9-10H,3-8H2,1-2H3,(H,13,15)(H,16,17). The van der Waals surface area contributed by atoms with Crippen LogP contribution in [0.15, 0.2) is 0 Å². The van der Waals surface area contributed by atoms with Crippen LogP contribution in [0.4, 0.5) is 0 Å². The van der Waals surface area contributed by atoms with Crippen LogP contribution in [0.1, 0.15) is 20.3 Å². The molecule has 0 aromatic heterocycles. The average molecular weight is 258 g/mol. The Bertz CT molecular complexity index is 296. The first-order chi connectivity index (χ1) is 8.60. The van der Waals surface area contributed by atoms with E-state index in [2.05, 4.69) is 5.32 Å². The molecule has 1 saturated heterocycles. The van der Waals surface area contributed by atoms with Crippen molar-refractivity contribution in [1.29, 1.82) is 0 Å². The largest absolute Gasteiger partial charge is 0.481 e. The molecular formula is C12H22N2O4. The van der Waals surface area contributed by atoms with E-state index in [-0.39, 0.29) is 18.6 Å². The highest BCUT2D eigenvalue weighted by Crippen LogP contribution is 2.20. The molecule has 1 fully saturated rings. The second kappa shape index (κ2) is 7.33. The maximum Gasteiger partial charge on any atom is 0.310 e. The second-order valence-electron chi connectivity index (χ2n) is 4.38. The summed E-state index contributed by atoms with van der Waals surface area (Å²) >= 11 is 0. The summed E-state index contributed by atoms with van der Waals surface area (Å²) < 4.78 is 5.25. The molecule has 2 unspecified atom stereocenters. The minimum absolute atomic E-state index is 0.00161. The fraction of sp³-hybridized carbons (Fsp3) is 0.833. The summed E-state index contributed by atoms with van der Waals surface area (Å²) in [6.45, 7) is 6.44. The minimum Gasteiger partial charge on any atom is -0.481 e. The topological polar surface area (TPSA) is 78.9 Å². The molecule has 1 aliphatic rings. The number of nitrogens with one attached hydrogen (secondary N) is 1. The number of carbonyl (C=O) groups is 2. The van der Waals surface area contributed by atoms with E-state index in [1.54, 1.807) is 0 Å². The molecule has 0 saturated carbocycles. The first kappa shape index (κ1) is 14.9. The molecule has 1 rings (SSSR count). The predicted molar refractivity (Wildman–Crippen MR) is 66.3 cm³/mol. The number of carboxylic acids is 1. The molecule has 104 valence electrons. The van der Waals surface area contributed by atoms with Gasteiger partial charge in [0.1, 0.15) is 0 Å². The number of likely N-dealkylation sites (N-methyl/N-ethyl adjacent to an activating group) is 1. The Balaban J connectivity index is 2.49. The molecule has 1 heterocycles. The van der Waals surface area contributed by atoms with Gasteiger partial charge in [0.25, 0.3) is 0 Å². The van der Waals surface area contributed by atoms with E-state index in [1.807, 2.05) is 18.7 Å². The van der Waals surface area contributed by atoms with Crippen molar-refractivity contribution in [2.24, 2.45) is 5.92 Å². The Morgan fingerprint density at radius 2 is 2.11 bits per heavy atom. The molecule has 0 radical (unpaired) electrons. The predicted octanol–water partition coefficient (Wildman–Crippen LogP) is -0.0659. The first-order valence-corrected chi connectivity index (χ1v) is 6.41. The summed E-state index contributed by atoms with van der Waals surface area (Å²) in [7, 11) is 0. The Kier molecular flexibility index (Phi) is 6.07. The summed E-state index contributed by atoms with van der Waals surface area (Å²) in [5.74, 6) is -1.31. The lowest BCUT2D eigenvalue weighted by Gasteiger charge is -2.28. The molecule has 0 aromatic rings. The van der Waals surface area contributed by atoms with E-state index in [0.717, 1.165) is 6.54 Å².